The molecule has 0 aromatic heterocycles. The maximum Gasteiger partial charge on any atom is 0.416 e. The molecular formula is C17H17F3O. The van der Waals surface area contributed by atoms with E-state index in [9.17, 15) is 18.3 Å². The Balaban J connectivity index is 2.19. The number of aliphatic hydroxyl groups excluding tert-OH is 1. The predicted octanol–water partition coefficient (Wildman–Crippen LogP) is 4.60. The van der Waals surface area contributed by atoms with Gasteiger partial charge in [-0.05, 0) is 42.7 Å². The Morgan fingerprint density at radius 3 is 2.14 bits per heavy atom. The summed E-state index contributed by atoms with van der Waals surface area (Å²) in [6, 6.07) is 11.2. The van der Waals surface area contributed by atoms with Crippen molar-refractivity contribution >= 4 is 0 Å². The van der Waals surface area contributed by atoms with Crippen molar-refractivity contribution in [3.63, 3.8) is 0 Å². The molecule has 0 aliphatic carbocycles. The van der Waals surface area contributed by atoms with Crippen LogP contribution in [0, 0.1) is 13.8 Å². The summed E-state index contributed by atoms with van der Waals surface area (Å²) in [5.41, 5.74) is 2.37. The summed E-state index contributed by atoms with van der Waals surface area (Å²) in [7, 11) is 0. The molecule has 0 bridgehead atoms. The zero-order valence-electron chi connectivity index (χ0n) is 11.9. The number of hydrogen-bond acceptors (Lipinski definition) is 1. The normalized spacial score (nSPS) is 13.2. The molecule has 1 N–H and O–H groups in total. The van der Waals surface area contributed by atoms with Gasteiger partial charge in [-0.1, -0.05) is 35.9 Å². The fourth-order valence-corrected chi connectivity index (χ4v) is 2.28. The first-order chi connectivity index (χ1) is 9.77. The van der Waals surface area contributed by atoms with Crippen molar-refractivity contribution in [3.8, 4) is 0 Å². The number of aryl methyl sites for hydroxylation is 2. The van der Waals surface area contributed by atoms with E-state index < -0.39 is 17.8 Å². The van der Waals surface area contributed by atoms with Gasteiger partial charge >= 0.3 is 6.18 Å². The van der Waals surface area contributed by atoms with Gasteiger partial charge in [-0.15, -0.1) is 0 Å². The molecule has 0 saturated heterocycles. The molecule has 1 nitrogen and oxygen atoms in total. The maximum absolute atomic E-state index is 12.6. The van der Waals surface area contributed by atoms with Crippen LogP contribution in [0.25, 0.3) is 0 Å². The fourth-order valence-electron chi connectivity index (χ4n) is 2.28. The molecule has 0 amide bonds. The van der Waals surface area contributed by atoms with Gasteiger partial charge in [0.2, 0.25) is 0 Å². The minimum absolute atomic E-state index is 0.381. The van der Waals surface area contributed by atoms with Crippen molar-refractivity contribution < 1.29 is 18.3 Å². The number of benzene rings is 2. The molecule has 112 valence electrons. The first kappa shape index (κ1) is 15.6. The van der Waals surface area contributed by atoms with Crippen LogP contribution in [0.4, 0.5) is 13.2 Å². The van der Waals surface area contributed by atoms with Gasteiger partial charge in [0, 0.05) is 6.42 Å². The van der Waals surface area contributed by atoms with E-state index in [1.54, 1.807) is 6.92 Å². The van der Waals surface area contributed by atoms with Gasteiger partial charge in [-0.3, -0.25) is 0 Å². The second-order valence-electron chi connectivity index (χ2n) is 5.27. The summed E-state index contributed by atoms with van der Waals surface area (Å²) in [5, 5.41) is 10.2. The van der Waals surface area contributed by atoms with Crippen LogP contribution in [0.1, 0.15) is 33.9 Å². The Morgan fingerprint density at radius 1 is 1.00 bits per heavy atom. The monoisotopic (exact) mass is 294 g/mol. The van der Waals surface area contributed by atoms with Crippen LogP contribution < -0.4 is 0 Å². The molecule has 2 aromatic carbocycles. The number of hydrogen-bond donors (Lipinski definition) is 1. The van der Waals surface area contributed by atoms with Crippen LogP contribution in [0.3, 0.4) is 0 Å². The van der Waals surface area contributed by atoms with Gasteiger partial charge in [0.15, 0.2) is 0 Å². The van der Waals surface area contributed by atoms with Crippen LogP contribution in [0.2, 0.25) is 0 Å². The molecule has 0 heterocycles. The highest BCUT2D eigenvalue weighted by molar-refractivity contribution is 5.35. The van der Waals surface area contributed by atoms with Crippen molar-refractivity contribution in [1.29, 1.82) is 0 Å². The molecule has 0 radical (unpaired) electrons. The average Bonchev–Trinajstić information content (AvgIpc) is 2.40. The summed E-state index contributed by atoms with van der Waals surface area (Å²) in [4.78, 5) is 0. The molecule has 2 aromatic rings. The molecule has 0 aliphatic heterocycles. The van der Waals surface area contributed by atoms with E-state index in [-0.39, 0.29) is 0 Å². The summed E-state index contributed by atoms with van der Waals surface area (Å²) in [6.07, 6.45) is -4.78. The zero-order chi connectivity index (χ0) is 15.6. The Kier molecular flexibility index (Phi) is 4.37. The lowest BCUT2D eigenvalue weighted by molar-refractivity contribution is -0.137. The molecule has 4 heteroatoms. The second kappa shape index (κ2) is 5.90. The molecule has 1 unspecified atom stereocenters. The fraction of sp³-hybridized carbons (Fsp3) is 0.294. The van der Waals surface area contributed by atoms with E-state index >= 15 is 0 Å². The Bertz CT molecular complexity index is 615. The molecule has 0 spiro atoms. The van der Waals surface area contributed by atoms with Gasteiger partial charge < -0.3 is 5.11 Å². The maximum atomic E-state index is 12.6. The van der Waals surface area contributed by atoms with Gasteiger partial charge in [0.05, 0.1) is 11.7 Å². The third kappa shape index (κ3) is 3.85. The minimum Gasteiger partial charge on any atom is -0.388 e. The topological polar surface area (TPSA) is 20.2 Å². The lowest BCUT2D eigenvalue weighted by Gasteiger charge is -2.16. The Hall–Kier alpha value is -1.81. The quantitative estimate of drug-likeness (QED) is 0.877. The van der Waals surface area contributed by atoms with Gasteiger partial charge in [-0.25, -0.2) is 0 Å². The molecule has 0 saturated carbocycles. The van der Waals surface area contributed by atoms with Crippen LogP contribution in [0.5, 0.6) is 0 Å². The molecule has 1 atom stereocenters. The van der Waals surface area contributed by atoms with E-state index in [0.29, 0.717) is 17.5 Å². The van der Waals surface area contributed by atoms with Crippen LogP contribution in [0.15, 0.2) is 42.5 Å². The number of alkyl halides is 3. The smallest absolute Gasteiger partial charge is 0.388 e. The molecule has 0 fully saturated rings. The highest BCUT2D eigenvalue weighted by Crippen LogP contribution is 2.32. The zero-order valence-corrected chi connectivity index (χ0v) is 11.9. The standard InChI is InChI=1S/C17H17F3O/c1-11-3-5-13(6-4-11)10-16(21)15-8-7-14(9-12(15)2)17(18,19)20/h3-9,16,21H,10H2,1-2H3. The summed E-state index contributed by atoms with van der Waals surface area (Å²) in [5.74, 6) is 0. The number of aliphatic hydroxyl groups is 1. The van der Waals surface area contributed by atoms with Gasteiger partial charge in [0.25, 0.3) is 0 Å². The number of halogens is 3. The lowest BCUT2D eigenvalue weighted by Crippen LogP contribution is -2.08. The van der Waals surface area contributed by atoms with Crippen LogP contribution in [-0.2, 0) is 12.6 Å². The molecule has 0 aliphatic rings. The van der Waals surface area contributed by atoms with Crippen molar-refractivity contribution in [1.82, 2.24) is 0 Å². The average molecular weight is 294 g/mol. The van der Waals surface area contributed by atoms with Crippen molar-refractivity contribution in [2.24, 2.45) is 0 Å². The van der Waals surface area contributed by atoms with Crippen LogP contribution in [-0.4, -0.2) is 5.11 Å². The van der Waals surface area contributed by atoms with Gasteiger partial charge in [-0.2, -0.15) is 13.2 Å². The van der Waals surface area contributed by atoms with Crippen molar-refractivity contribution in [2.75, 3.05) is 0 Å². The highest BCUT2D eigenvalue weighted by Gasteiger charge is 2.30. The molecule has 21 heavy (non-hydrogen) atoms. The summed E-state index contributed by atoms with van der Waals surface area (Å²) < 4.78 is 37.9. The number of rotatable bonds is 3. The lowest BCUT2D eigenvalue weighted by atomic mass is 9.96. The van der Waals surface area contributed by atoms with E-state index in [1.165, 1.54) is 6.07 Å². The Morgan fingerprint density at radius 2 is 1.62 bits per heavy atom. The molecular weight excluding hydrogens is 277 g/mol. The SMILES string of the molecule is Cc1ccc(CC(O)c2ccc(C(F)(F)F)cc2C)cc1. The first-order valence-electron chi connectivity index (χ1n) is 6.69. The Labute approximate surface area is 122 Å². The summed E-state index contributed by atoms with van der Waals surface area (Å²) >= 11 is 0. The van der Waals surface area contributed by atoms with E-state index in [1.807, 2.05) is 31.2 Å². The van der Waals surface area contributed by atoms with Crippen molar-refractivity contribution in [2.45, 2.75) is 32.5 Å². The van der Waals surface area contributed by atoms with Gasteiger partial charge in [0.1, 0.15) is 0 Å². The largest absolute Gasteiger partial charge is 0.416 e. The van der Waals surface area contributed by atoms with Crippen LogP contribution >= 0.6 is 0 Å². The van der Waals surface area contributed by atoms with E-state index in [2.05, 4.69) is 0 Å². The minimum atomic E-state index is -4.36. The molecule has 2 rings (SSSR count). The highest BCUT2D eigenvalue weighted by atomic mass is 19.4. The third-order valence-electron chi connectivity index (χ3n) is 3.51. The third-order valence-corrected chi connectivity index (χ3v) is 3.51. The predicted molar refractivity (Wildman–Crippen MR) is 76.0 cm³/mol. The first-order valence-corrected chi connectivity index (χ1v) is 6.69. The second-order valence-corrected chi connectivity index (χ2v) is 5.27. The summed E-state index contributed by atoms with van der Waals surface area (Å²) in [6.45, 7) is 3.56. The van der Waals surface area contributed by atoms with Crippen molar-refractivity contribution in [3.05, 3.63) is 70.3 Å². The van der Waals surface area contributed by atoms with E-state index in [0.717, 1.165) is 23.3 Å². The van der Waals surface area contributed by atoms with E-state index in [4.69, 9.17) is 0 Å².